The number of ether oxygens (including phenoxy) is 1. The molecule has 3 unspecified atom stereocenters. The molecule has 2 amide bonds. The van der Waals surface area contributed by atoms with Gasteiger partial charge in [-0.15, -0.1) is 0 Å². The van der Waals surface area contributed by atoms with Crippen LogP contribution in [-0.4, -0.2) is 21.7 Å². The molecular weight excluding hydrogens is 320 g/mol. The molecular formula is C18H22N4O3. The quantitative estimate of drug-likeness (QED) is 0.893. The van der Waals surface area contributed by atoms with Crippen LogP contribution in [0, 0.1) is 5.92 Å². The topological polar surface area (TPSA) is 85.2 Å². The summed E-state index contributed by atoms with van der Waals surface area (Å²) in [6.07, 6.45) is 3.17. The average Bonchev–Trinajstić information content (AvgIpc) is 2.96. The first-order valence-corrected chi connectivity index (χ1v) is 8.44. The van der Waals surface area contributed by atoms with Crippen LogP contribution in [-0.2, 0) is 4.74 Å². The van der Waals surface area contributed by atoms with Crippen molar-refractivity contribution in [3.63, 3.8) is 0 Å². The number of urea groups is 1. The first-order chi connectivity index (χ1) is 12.1. The Morgan fingerprint density at radius 2 is 2.04 bits per heavy atom. The summed E-state index contributed by atoms with van der Waals surface area (Å²) in [5, 5.41) is 5.24. The minimum absolute atomic E-state index is 0.159. The SMILES string of the molecule is CCC1OC(n2ccc(NC(=O)Nc3ccccc3)nc2=O)CC1C. The maximum atomic E-state index is 12.3. The van der Waals surface area contributed by atoms with Gasteiger partial charge in [-0.05, 0) is 37.0 Å². The molecule has 0 saturated carbocycles. The fraction of sp³-hybridized carbons (Fsp3) is 0.389. The number of benzene rings is 1. The molecule has 2 heterocycles. The van der Waals surface area contributed by atoms with Crippen LogP contribution in [0.4, 0.5) is 16.3 Å². The van der Waals surface area contributed by atoms with Crippen LogP contribution < -0.4 is 16.3 Å². The minimum atomic E-state index is -0.451. The van der Waals surface area contributed by atoms with Gasteiger partial charge in [0.2, 0.25) is 0 Å². The highest BCUT2D eigenvalue weighted by Crippen LogP contribution is 2.33. The summed E-state index contributed by atoms with van der Waals surface area (Å²) in [5.74, 6) is 0.601. The Morgan fingerprint density at radius 1 is 1.28 bits per heavy atom. The van der Waals surface area contributed by atoms with Crippen molar-refractivity contribution in [2.75, 3.05) is 10.6 Å². The van der Waals surface area contributed by atoms with E-state index in [4.69, 9.17) is 4.74 Å². The fourth-order valence-corrected chi connectivity index (χ4v) is 3.04. The van der Waals surface area contributed by atoms with Crippen LogP contribution in [0.5, 0.6) is 0 Å². The Balaban J connectivity index is 1.66. The third-order valence-corrected chi connectivity index (χ3v) is 4.36. The second-order valence-corrected chi connectivity index (χ2v) is 6.20. The number of hydrogen-bond donors (Lipinski definition) is 2. The zero-order chi connectivity index (χ0) is 17.8. The first-order valence-electron chi connectivity index (χ1n) is 8.44. The van der Waals surface area contributed by atoms with Gasteiger partial charge < -0.3 is 10.1 Å². The van der Waals surface area contributed by atoms with E-state index in [1.165, 1.54) is 4.57 Å². The first kappa shape index (κ1) is 17.2. The van der Waals surface area contributed by atoms with E-state index in [2.05, 4.69) is 29.5 Å². The van der Waals surface area contributed by atoms with E-state index in [1.807, 2.05) is 18.2 Å². The lowest BCUT2D eigenvalue weighted by Gasteiger charge is -2.15. The van der Waals surface area contributed by atoms with Crippen LogP contribution in [0.15, 0.2) is 47.4 Å². The lowest BCUT2D eigenvalue weighted by Crippen LogP contribution is -2.29. The normalized spacial score (nSPS) is 22.6. The molecule has 7 nitrogen and oxygen atoms in total. The molecule has 1 aromatic carbocycles. The number of carbonyl (C=O) groups is 1. The smallest absolute Gasteiger partial charge is 0.351 e. The number of nitrogens with zero attached hydrogens (tertiary/aromatic N) is 2. The molecule has 1 saturated heterocycles. The number of aromatic nitrogens is 2. The third-order valence-electron chi connectivity index (χ3n) is 4.36. The van der Waals surface area contributed by atoms with Crippen LogP contribution in [0.25, 0.3) is 0 Å². The molecule has 0 aliphatic carbocycles. The molecule has 2 N–H and O–H groups in total. The molecule has 1 fully saturated rings. The van der Waals surface area contributed by atoms with Gasteiger partial charge in [0.05, 0.1) is 6.10 Å². The Hall–Kier alpha value is -2.67. The number of rotatable bonds is 4. The maximum Gasteiger partial charge on any atom is 0.351 e. The van der Waals surface area contributed by atoms with E-state index in [0.29, 0.717) is 11.6 Å². The van der Waals surface area contributed by atoms with Crippen molar-refractivity contribution >= 4 is 17.5 Å². The molecule has 2 aromatic rings. The molecule has 1 aliphatic heterocycles. The van der Waals surface area contributed by atoms with E-state index < -0.39 is 11.7 Å². The van der Waals surface area contributed by atoms with Crippen molar-refractivity contribution in [3.05, 3.63) is 53.1 Å². The van der Waals surface area contributed by atoms with Gasteiger partial charge in [0.15, 0.2) is 0 Å². The number of nitrogens with one attached hydrogen (secondary N) is 2. The molecule has 1 aromatic heterocycles. The highest BCUT2D eigenvalue weighted by Gasteiger charge is 2.32. The van der Waals surface area contributed by atoms with Crippen molar-refractivity contribution in [3.8, 4) is 0 Å². The number of carbonyl (C=O) groups excluding carboxylic acids is 1. The van der Waals surface area contributed by atoms with Gasteiger partial charge in [-0.1, -0.05) is 32.0 Å². The summed E-state index contributed by atoms with van der Waals surface area (Å²) >= 11 is 0. The summed E-state index contributed by atoms with van der Waals surface area (Å²) in [6, 6.07) is 10.2. The van der Waals surface area contributed by atoms with Gasteiger partial charge in [0.1, 0.15) is 12.0 Å². The van der Waals surface area contributed by atoms with Crippen LogP contribution in [0.3, 0.4) is 0 Å². The van der Waals surface area contributed by atoms with Gasteiger partial charge in [0, 0.05) is 11.9 Å². The van der Waals surface area contributed by atoms with E-state index in [-0.39, 0.29) is 18.1 Å². The van der Waals surface area contributed by atoms with Crippen molar-refractivity contribution in [1.82, 2.24) is 9.55 Å². The lowest BCUT2D eigenvalue weighted by atomic mass is 10.0. The molecule has 0 bridgehead atoms. The molecule has 3 rings (SSSR count). The highest BCUT2D eigenvalue weighted by atomic mass is 16.5. The van der Waals surface area contributed by atoms with Crippen molar-refractivity contribution < 1.29 is 9.53 Å². The minimum Gasteiger partial charge on any atom is -0.354 e. The Bertz CT molecular complexity index is 790. The van der Waals surface area contributed by atoms with Crippen LogP contribution in [0.2, 0.25) is 0 Å². The highest BCUT2D eigenvalue weighted by molar-refractivity contribution is 5.99. The summed E-state index contributed by atoms with van der Waals surface area (Å²) in [7, 11) is 0. The second kappa shape index (κ2) is 7.48. The number of amides is 2. The number of anilines is 2. The van der Waals surface area contributed by atoms with Crippen LogP contribution in [0.1, 0.15) is 32.9 Å². The monoisotopic (exact) mass is 342 g/mol. The third kappa shape index (κ3) is 4.06. The predicted octanol–water partition coefficient (Wildman–Crippen LogP) is 3.22. The summed E-state index contributed by atoms with van der Waals surface area (Å²) in [6.45, 7) is 4.19. The van der Waals surface area contributed by atoms with E-state index in [9.17, 15) is 9.59 Å². The summed E-state index contributed by atoms with van der Waals surface area (Å²) < 4.78 is 7.39. The molecule has 0 radical (unpaired) electrons. The number of hydrogen-bond acceptors (Lipinski definition) is 4. The van der Waals surface area contributed by atoms with E-state index in [0.717, 1.165) is 12.8 Å². The molecule has 25 heavy (non-hydrogen) atoms. The van der Waals surface area contributed by atoms with E-state index >= 15 is 0 Å². The van der Waals surface area contributed by atoms with Crippen molar-refractivity contribution in [2.45, 2.75) is 39.0 Å². The molecule has 1 aliphatic rings. The Kier molecular flexibility index (Phi) is 5.14. The molecule has 0 spiro atoms. The van der Waals surface area contributed by atoms with Crippen LogP contribution >= 0.6 is 0 Å². The molecule has 3 atom stereocenters. The lowest BCUT2D eigenvalue weighted by molar-refractivity contribution is -0.00747. The standard InChI is InChI=1S/C18H22N4O3/c1-3-14-12(2)11-16(25-14)22-10-9-15(21-18(22)24)20-17(23)19-13-7-5-4-6-8-13/h4-10,12,14,16H,3,11H2,1-2H3,(H2,19,20,21,23,24). The largest absolute Gasteiger partial charge is 0.354 e. The average molecular weight is 342 g/mol. The fourth-order valence-electron chi connectivity index (χ4n) is 3.04. The zero-order valence-corrected chi connectivity index (χ0v) is 14.3. The van der Waals surface area contributed by atoms with Gasteiger partial charge in [-0.25, -0.2) is 9.59 Å². The van der Waals surface area contributed by atoms with Gasteiger partial charge >= 0.3 is 11.7 Å². The van der Waals surface area contributed by atoms with Gasteiger partial charge in [0.25, 0.3) is 0 Å². The zero-order valence-electron chi connectivity index (χ0n) is 14.3. The Labute approximate surface area is 146 Å². The van der Waals surface area contributed by atoms with Gasteiger partial charge in [-0.2, -0.15) is 4.98 Å². The summed E-state index contributed by atoms with van der Waals surface area (Å²) in [4.78, 5) is 28.2. The maximum absolute atomic E-state index is 12.3. The predicted molar refractivity (Wildman–Crippen MR) is 95.6 cm³/mol. The Morgan fingerprint density at radius 3 is 2.68 bits per heavy atom. The van der Waals surface area contributed by atoms with Gasteiger partial charge in [-0.3, -0.25) is 9.88 Å². The van der Waals surface area contributed by atoms with Crippen molar-refractivity contribution in [2.24, 2.45) is 5.92 Å². The second-order valence-electron chi connectivity index (χ2n) is 6.20. The molecule has 7 heteroatoms. The van der Waals surface area contributed by atoms with Crippen molar-refractivity contribution in [1.29, 1.82) is 0 Å². The van der Waals surface area contributed by atoms with E-state index in [1.54, 1.807) is 24.4 Å². The molecule has 132 valence electrons. The summed E-state index contributed by atoms with van der Waals surface area (Å²) in [5.41, 5.74) is 0.221. The number of para-hydroxylation sites is 1.